The van der Waals surface area contributed by atoms with E-state index in [1.165, 1.54) is 11.1 Å². The summed E-state index contributed by atoms with van der Waals surface area (Å²) < 4.78 is 5.92. The summed E-state index contributed by atoms with van der Waals surface area (Å²) in [6.45, 7) is 6.38. The highest BCUT2D eigenvalue weighted by Crippen LogP contribution is 2.34. The first-order valence-corrected chi connectivity index (χ1v) is 7.29. The molecule has 0 aliphatic rings. The van der Waals surface area contributed by atoms with Crippen molar-refractivity contribution in [1.29, 1.82) is 0 Å². The van der Waals surface area contributed by atoms with Crippen molar-refractivity contribution in [3.05, 3.63) is 60.4 Å². The molecule has 0 fully saturated rings. The van der Waals surface area contributed by atoms with Gasteiger partial charge in [0.05, 0.1) is 6.04 Å². The Labute approximate surface area is 125 Å². The Balaban J connectivity index is 2.04. The summed E-state index contributed by atoms with van der Waals surface area (Å²) in [5.41, 5.74) is 9.57. The van der Waals surface area contributed by atoms with Gasteiger partial charge in [-0.05, 0) is 34.7 Å². The van der Waals surface area contributed by atoms with Crippen LogP contribution < -0.4 is 5.73 Å². The van der Waals surface area contributed by atoms with E-state index >= 15 is 0 Å². The Morgan fingerprint density at radius 3 is 2.29 bits per heavy atom. The molecule has 0 spiro atoms. The van der Waals surface area contributed by atoms with Gasteiger partial charge in [-0.3, -0.25) is 0 Å². The van der Waals surface area contributed by atoms with Crippen LogP contribution in [0.25, 0.3) is 22.1 Å². The summed E-state index contributed by atoms with van der Waals surface area (Å²) in [5.74, 6) is 0.850. The van der Waals surface area contributed by atoms with Crippen LogP contribution in [0.15, 0.2) is 59.0 Å². The first-order valence-electron chi connectivity index (χ1n) is 7.29. The summed E-state index contributed by atoms with van der Waals surface area (Å²) in [4.78, 5) is 0. The molecule has 1 unspecified atom stereocenters. The van der Waals surface area contributed by atoms with Crippen LogP contribution in [0.5, 0.6) is 0 Å². The van der Waals surface area contributed by atoms with Crippen molar-refractivity contribution in [3.8, 4) is 11.1 Å². The Hall–Kier alpha value is -2.06. The number of rotatable bonds is 2. The van der Waals surface area contributed by atoms with Gasteiger partial charge in [-0.2, -0.15) is 0 Å². The molecule has 0 radical (unpaired) electrons. The smallest absolute Gasteiger partial charge is 0.134 e. The maximum Gasteiger partial charge on any atom is 0.134 e. The van der Waals surface area contributed by atoms with Crippen molar-refractivity contribution in [3.63, 3.8) is 0 Å². The van der Waals surface area contributed by atoms with Crippen LogP contribution in [0.4, 0.5) is 0 Å². The molecule has 1 heterocycles. The molecule has 1 atom stereocenters. The molecule has 0 saturated heterocycles. The highest BCUT2D eigenvalue weighted by atomic mass is 16.3. The van der Waals surface area contributed by atoms with Crippen LogP contribution in [-0.4, -0.2) is 0 Å². The van der Waals surface area contributed by atoms with Crippen molar-refractivity contribution in [1.82, 2.24) is 0 Å². The van der Waals surface area contributed by atoms with E-state index in [0.717, 1.165) is 16.7 Å². The molecule has 0 amide bonds. The zero-order chi connectivity index (χ0) is 15.0. The summed E-state index contributed by atoms with van der Waals surface area (Å²) in [5, 5.41) is 1.10. The first kappa shape index (κ1) is 13.9. The minimum Gasteiger partial charge on any atom is -0.459 e. The van der Waals surface area contributed by atoms with Gasteiger partial charge >= 0.3 is 0 Å². The third kappa shape index (κ3) is 2.72. The number of fused-ring (bicyclic) bond motifs is 1. The highest BCUT2D eigenvalue weighted by molar-refractivity contribution is 5.84. The summed E-state index contributed by atoms with van der Waals surface area (Å²) in [6.07, 6.45) is 0. The van der Waals surface area contributed by atoms with E-state index in [1.54, 1.807) is 0 Å². The van der Waals surface area contributed by atoms with E-state index < -0.39 is 0 Å². The second-order valence-electron chi connectivity index (χ2n) is 6.61. The minimum absolute atomic E-state index is 0.0177. The maximum absolute atomic E-state index is 6.29. The Bertz CT molecular complexity index is 750. The fraction of sp³-hybridized carbons (Fsp3) is 0.263. The van der Waals surface area contributed by atoms with Crippen LogP contribution in [0, 0.1) is 5.41 Å². The lowest BCUT2D eigenvalue weighted by Crippen LogP contribution is -2.25. The second-order valence-corrected chi connectivity index (χ2v) is 6.61. The molecule has 0 saturated carbocycles. The normalized spacial score (nSPS) is 13.5. The van der Waals surface area contributed by atoms with Crippen LogP contribution in [0.3, 0.4) is 0 Å². The quantitative estimate of drug-likeness (QED) is 0.705. The monoisotopic (exact) mass is 279 g/mol. The summed E-state index contributed by atoms with van der Waals surface area (Å²) in [7, 11) is 0. The van der Waals surface area contributed by atoms with E-state index in [2.05, 4.69) is 63.2 Å². The molecule has 3 aromatic rings. The molecular formula is C19H21NO. The zero-order valence-corrected chi connectivity index (χ0v) is 12.8. The Morgan fingerprint density at radius 2 is 1.62 bits per heavy atom. The van der Waals surface area contributed by atoms with Crippen LogP contribution in [0.1, 0.15) is 32.6 Å². The topological polar surface area (TPSA) is 39.2 Å². The minimum atomic E-state index is -0.106. The maximum atomic E-state index is 6.29. The largest absolute Gasteiger partial charge is 0.459 e. The molecule has 2 nitrogen and oxygen atoms in total. The number of benzene rings is 2. The lowest BCUT2D eigenvalue weighted by atomic mass is 9.86. The van der Waals surface area contributed by atoms with Crippen molar-refractivity contribution >= 4 is 11.0 Å². The third-order valence-corrected chi connectivity index (χ3v) is 3.88. The average Bonchev–Trinajstić information content (AvgIpc) is 2.89. The van der Waals surface area contributed by atoms with Gasteiger partial charge in [0.2, 0.25) is 0 Å². The number of furan rings is 1. The van der Waals surface area contributed by atoms with Crippen molar-refractivity contribution in [2.45, 2.75) is 26.8 Å². The zero-order valence-electron chi connectivity index (χ0n) is 12.8. The van der Waals surface area contributed by atoms with Gasteiger partial charge in [-0.25, -0.2) is 0 Å². The summed E-state index contributed by atoms with van der Waals surface area (Å²) in [6, 6.07) is 18.6. The second kappa shape index (κ2) is 5.05. The van der Waals surface area contributed by atoms with Gasteiger partial charge in [0.25, 0.3) is 0 Å². The van der Waals surface area contributed by atoms with E-state index in [0.29, 0.717) is 0 Å². The molecule has 0 aliphatic carbocycles. The lowest BCUT2D eigenvalue weighted by Gasteiger charge is -2.24. The van der Waals surface area contributed by atoms with Gasteiger partial charge in [0, 0.05) is 5.39 Å². The standard InChI is InChI=1S/C19H21NO/c1-19(2,3)18(20)17-12-15-11-14(9-10-16(15)21-17)13-7-5-4-6-8-13/h4-12,18H,20H2,1-3H3. The molecule has 2 N–H and O–H groups in total. The number of hydrogen-bond donors (Lipinski definition) is 1. The molecule has 3 rings (SSSR count). The SMILES string of the molecule is CC(C)(C)C(N)c1cc2cc(-c3ccccc3)ccc2o1. The Morgan fingerprint density at radius 1 is 0.905 bits per heavy atom. The van der Waals surface area contributed by atoms with Crippen LogP contribution in [-0.2, 0) is 0 Å². The van der Waals surface area contributed by atoms with Crippen LogP contribution in [0.2, 0.25) is 0 Å². The predicted octanol–water partition coefficient (Wildman–Crippen LogP) is 5.15. The van der Waals surface area contributed by atoms with E-state index in [9.17, 15) is 0 Å². The predicted molar refractivity (Wildman–Crippen MR) is 88.0 cm³/mol. The molecular weight excluding hydrogens is 258 g/mol. The van der Waals surface area contributed by atoms with Gasteiger partial charge in [0.1, 0.15) is 11.3 Å². The molecule has 1 aromatic heterocycles. The number of hydrogen-bond acceptors (Lipinski definition) is 2. The Kier molecular flexibility index (Phi) is 3.34. The molecule has 0 aliphatic heterocycles. The molecule has 108 valence electrons. The third-order valence-electron chi connectivity index (χ3n) is 3.88. The molecule has 2 aromatic carbocycles. The van der Waals surface area contributed by atoms with E-state index in [4.69, 9.17) is 10.2 Å². The highest BCUT2D eigenvalue weighted by Gasteiger charge is 2.25. The number of nitrogens with two attached hydrogens (primary N) is 1. The van der Waals surface area contributed by atoms with Gasteiger partial charge < -0.3 is 10.2 Å². The van der Waals surface area contributed by atoms with Crippen molar-refractivity contribution in [2.75, 3.05) is 0 Å². The van der Waals surface area contributed by atoms with E-state index in [1.807, 2.05) is 12.1 Å². The van der Waals surface area contributed by atoms with Crippen molar-refractivity contribution in [2.24, 2.45) is 11.1 Å². The summed E-state index contributed by atoms with van der Waals surface area (Å²) >= 11 is 0. The molecule has 0 bridgehead atoms. The van der Waals surface area contributed by atoms with Gasteiger partial charge in [-0.1, -0.05) is 57.2 Å². The first-order chi connectivity index (χ1) is 9.95. The molecule has 21 heavy (non-hydrogen) atoms. The molecule has 2 heteroatoms. The van der Waals surface area contributed by atoms with Gasteiger partial charge in [0.15, 0.2) is 0 Å². The average molecular weight is 279 g/mol. The van der Waals surface area contributed by atoms with E-state index in [-0.39, 0.29) is 11.5 Å². The lowest BCUT2D eigenvalue weighted by molar-refractivity contribution is 0.290. The fourth-order valence-corrected chi connectivity index (χ4v) is 2.45. The van der Waals surface area contributed by atoms with Crippen LogP contribution >= 0.6 is 0 Å². The fourth-order valence-electron chi connectivity index (χ4n) is 2.45. The van der Waals surface area contributed by atoms with Gasteiger partial charge in [-0.15, -0.1) is 0 Å². The van der Waals surface area contributed by atoms with Crippen molar-refractivity contribution < 1.29 is 4.42 Å².